The summed E-state index contributed by atoms with van der Waals surface area (Å²) in [7, 11) is 0. The quantitative estimate of drug-likeness (QED) is 0.753. The molecule has 0 saturated heterocycles. The monoisotopic (exact) mass is 278 g/mol. The molecule has 0 heterocycles. The van der Waals surface area contributed by atoms with Crippen LogP contribution in [0.25, 0.3) is 0 Å². The molecule has 0 aliphatic rings. The van der Waals surface area contributed by atoms with Gasteiger partial charge in [-0.05, 0) is 56.5 Å². The van der Waals surface area contributed by atoms with E-state index in [1.165, 1.54) is 5.56 Å². The molecule has 0 saturated carbocycles. The highest BCUT2D eigenvalue weighted by molar-refractivity contribution is 9.10. The van der Waals surface area contributed by atoms with Gasteiger partial charge in [0.05, 0.1) is 4.47 Å². The largest absolute Gasteiger partial charge is 0.481 e. The fourth-order valence-electron chi connectivity index (χ4n) is 0.782. The predicted molar refractivity (Wildman–Crippen MR) is 53.3 cm³/mol. The molecule has 1 aromatic rings. The second-order valence-electron chi connectivity index (χ2n) is 2.19. The van der Waals surface area contributed by atoms with Crippen molar-refractivity contribution in [1.29, 1.82) is 0 Å². The van der Waals surface area contributed by atoms with Gasteiger partial charge in [-0.1, -0.05) is 6.07 Å². The zero-order valence-corrected chi connectivity index (χ0v) is 9.28. The van der Waals surface area contributed by atoms with Crippen molar-refractivity contribution in [3.05, 3.63) is 28.2 Å². The van der Waals surface area contributed by atoms with E-state index in [1.807, 2.05) is 25.1 Å². The summed E-state index contributed by atoms with van der Waals surface area (Å²) in [4.78, 5) is 0. The molecule has 11 heavy (non-hydrogen) atoms. The summed E-state index contributed by atoms with van der Waals surface area (Å²) in [5.74, 6) is 0.868. The van der Waals surface area contributed by atoms with E-state index in [4.69, 9.17) is 4.74 Å². The zero-order chi connectivity index (χ0) is 8.27. The molecule has 3 heteroatoms. The van der Waals surface area contributed by atoms with Crippen molar-refractivity contribution < 1.29 is 4.74 Å². The average Bonchev–Trinajstić information content (AvgIpc) is 1.95. The maximum Gasteiger partial charge on any atom is 0.143 e. The standard InChI is InChI=1S/C8H8Br2O/c1-6-2-3-8(11-5-9)7(10)4-6/h2-4H,5H2,1H3. The normalized spacial score (nSPS) is 9.73. The van der Waals surface area contributed by atoms with Crippen LogP contribution in [0.5, 0.6) is 5.75 Å². The van der Waals surface area contributed by atoms with E-state index in [1.54, 1.807) is 0 Å². The Morgan fingerprint density at radius 3 is 2.73 bits per heavy atom. The van der Waals surface area contributed by atoms with Crippen LogP contribution in [0, 0.1) is 6.92 Å². The van der Waals surface area contributed by atoms with Crippen molar-refractivity contribution >= 4 is 31.9 Å². The van der Waals surface area contributed by atoms with Gasteiger partial charge >= 0.3 is 0 Å². The lowest BCUT2D eigenvalue weighted by Gasteiger charge is -2.04. The number of benzene rings is 1. The Kier molecular flexibility index (Phi) is 3.40. The summed E-state index contributed by atoms with van der Waals surface area (Å²) in [6.07, 6.45) is 0. The molecule has 0 aliphatic carbocycles. The molecule has 0 aliphatic heterocycles. The van der Waals surface area contributed by atoms with Crippen LogP contribution in [0.15, 0.2) is 22.7 Å². The minimum Gasteiger partial charge on any atom is -0.481 e. The minimum atomic E-state index is 0.522. The van der Waals surface area contributed by atoms with Crippen LogP contribution in [0.1, 0.15) is 5.56 Å². The Bertz CT molecular complexity index is 248. The van der Waals surface area contributed by atoms with Crippen LogP contribution < -0.4 is 4.74 Å². The fraction of sp³-hybridized carbons (Fsp3) is 0.250. The maximum atomic E-state index is 5.26. The van der Waals surface area contributed by atoms with E-state index in [-0.39, 0.29) is 0 Å². The molecular formula is C8H8Br2O. The number of alkyl halides is 1. The van der Waals surface area contributed by atoms with E-state index in [2.05, 4.69) is 31.9 Å². The third-order valence-corrected chi connectivity index (χ3v) is 2.15. The molecule has 0 amide bonds. The van der Waals surface area contributed by atoms with Crippen molar-refractivity contribution in [2.24, 2.45) is 0 Å². The molecule has 60 valence electrons. The van der Waals surface area contributed by atoms with E-state index < -0.39 is 0 Å². The Hall–Kier alpha value is -0.0200. The van der Waals surface area contributed by atoms with E-state index >= 15 is 0 Å². The third kappa shape index (κ3) is 2.49. The lowest BCUT2D eigenvalue weighted by atomic mass is 10.2. The predicted octanol–water partition coefficient (Wildman–Crippen LogP) is 3.49. The minimum absolute atomic E-state index is 0.522. The number of halogens is 2. The van der Waals surface area contributed by atoms with Crippen LogP contribution in [0.2, 0.25) is 0 Å². The van der Waals surface area contributed by atoms with Gasteiger partial charge < -0.3 is 4.74 Å². The van der Waals surface area contributed by atoms with Crippen LogP contribution >= 0.6 is 31.9 Å². The van der Waals surface area contributed by atoms with Crippen molar-refractivity contribution in [3.8, 4) is 5.75 Å². The molecule has 1 aromatic carbocycles. The third-order valence-electron chi connectivity index (χ3n) is 1.30. The van der Waals surface area contributed by atoms with Gasteiger partial charge in [0, 0.05) is 0 Å². The average molecular weight is 280 g/mol. The second-order valence-corrected chi connectivity index (χ2v) is 3.50. The molecule has 0 atom stereocenters. The molecule has 0 unspecified atom stereocenters. The van der Waals surface area contributed by atoms with Gasteiger partial charge in [0.2, 0.25) is 0 Å². The van der Waals surface area contributed by atoms with Crippen LogP contribution in [-0.4, -0.2) is 5.52 Å². The number of hydrogen-bond acceptors (Lipinski definition) is 1. The number of rotatable bonds is 2. The highest BCUT2D eigenvalue weighted by Crippen LogP contribution is 2.25. The Morgan fingerprint density at radius 1 is 1.45 bits per heavy atom. The topological polar surface area (TPSA) is 9.23 Å². The van der Waals surface area contributed by atoms with Crippen LogP contribution in [0.3, 0.4) is 0 Å². The Balaban J connectivity index is 2.90. The van der Waals surface area contributed by atoms with Gasteiger partial charge in [-0.15, -0.1) is 0 Å². The van der Waals surface area contributed by atoms with Gasteiger partial charge in [0.25, 0.3) is 0 Å². The van der Waals surface area contributed by atoms with Crippen LogP contribution in [-0.2, 0) is 0 Å². The van der Waals surface area contributed by atoms with Crippen molar-refractivity contribution in [1.82, 2.24) is 0 Å². The van der Waals surface area contributed by atoms with Crippen molar-refractivity contribution in [3.63, 3.8) is 0 Å². The first-order valence-corrected chi connectivity index (χ1v) is 5.10. The van der Waals surface area contributed by atoms with Gasteiger partial charge in [-0.2, -0.15) is 0 Å². The Labute approximate surface area is 83.0 Å². The van der Waals surface area contributed by atoms with Gasteiger partial charge in [-0.3, -0.25) is 0 Å². The molecule has 0 radical (unpaired) electrons. The van der Waals surface area contributed by atoms with Crippen molar-refractivity contribution in [2.75, 3.05) is 5.52 Å². The Morgan fingerprint density at radius 2 is 2.18 bits per heavy atom. The molecule has 0 fully saturated rings. The van der Waals surface area contributed by atoms with E-state index in [0.29, 0.717) is 5.52 Å². The van der Waals surface area contributed by atoms with Crippen molar-refractivity contribution in [2.45, 2.75) is 6.92 Å². The molecule has 1 rings (SSSR count). The highest BCUT2D eigenvalue weighted by Gasteiger charge is 1.98. The first-order chi connectivity index (χ1) is 5.24. The molecular weight excluding hydrogens is 272 g/mol. The van der Waals surface area contributed by atoms with Gasteiger partial charge in [0.1, 0.15) is 11.3 Å². The summed E-state index contributed by atoms with van der Waals surface area (Å²) in [5, 5.41) is 0. The lowest BCUT2D eigenvalue weighted by Crippen LogP contribution is -1.89. The number of hydrogen-bond donors (Lipinski definition) is 0. The summed E-state index contributed by atoms with van der Waals surface area (Å²) in [5.41, 5.74) is 1.74. The molecule has 1 nitrogen and oxygen atoms in total. The number of ether oxygens (including phenoxy) is 1. The summed E-state index contributed by atoms with van der Waals surface area (Å²) < 4.78 is 6.26. The lowest BCUT2D eigenvalue weighted by molar-refractivity contribution is 0.395. The molecule has 0 N–H and O–H groups in total. The molecule has 0 bridgehead atoms. The van der Waals surface area contributed by atoms with Gasteiger partial charge in [-0.25, -0.2) is 0 Å². The molecule has 0 spiro atoms. The SMILES string of the molecule is Cc1ccc(OCBr)c(Br)c1. The van der Waals surface area contributed by atoms with E-state index in [9.17, 15) is 0 Å². The zero-order valence-electron chi connectivity index (χ0n) is 6.10. The smallest absolute Gasteiger partial charge is 0.143 e. The summed E-state index contributed by atoms with van der Waals surface area (Å²) in [6, 6.07) is 5.99. The first kappa shape index (κ1) is 9.07. The van der Waals surface area contributed by atoms with E-state index in [0.717, 1.165) is 10.2 Å². The number of aryl methyl sites for hydroxylation is 1. The van der Waals surface area contributed by atoms with Gasteiger partial charge in [0.15, 0.2) is 0 Å². The maximum absolute atomic E-state index is 5.26. The fourth-order valence-corrected chi connectivity index (χ4v) is 1.64. The second kappa shape index (κ2) is 4.12. The summed E-state index contributed by atoms with van der Waals surface area (Å²) in [6.45, 7) is 2.04. The molecule has 0 aromatic heterocycles. The van der Waals surface area contributed by atoms with Crippen LogP contribution in [0.4, 0.5) is 0 Å². The first-order valence-electron chi connectivity index (χ1n) is 3.19. The highest BCUT2D eigenvalue weighted by atomic mass is 79.9. The summed E-state index contributed by atoms with van der Waals surface area (Å²) >= 11 is 6.60.